The molecule has 0 spiro atoms. The van der Waals surface area contributed by atoms with E-state index in [1.165, 1.54) is 43.4 Å². The first-order chi connectivity index (χ1) is 30.8. The van der Waals surface area contributed by atoms with Crippen LogP contribution in [0.2, 0.25) is 0 Å². The van der Waals surface area contributed by atoms with Crippen molar-refractivity contribution >= 4 is 106 Å². The summed E-state index contributed by atoms with van der Waals surface area (Å²) in [5, 5.41) is 15.6. The van der Waals surface area contributed by atoms with Crippen LogP contribution in [0.25, 0.3) is 77.9 Å². The van der Waals surface area contributed by atoms with Gasteiger partial charge in [0.25, 0.3) is 0 Å². The lowest BCUT2D eigenvalue weighted by Crippen LogP contribution is -2.17. The minimum absolute atomic E-state index is 0.451. The topological polar surface area (TPSA) is 41.6 Å². The van der Waals surface area contributed by atoms with Crippen molar-refractivity contribution in [1.29, 1.82) is 0 Å². The number of nitrogens with zero attached hydrogens (tertiary/aromatic N) is 1. The summed E-state index contributed by atoms with van der Waals surface area (Å²) in [6, 6.07) is 58.7. The zero-order chi connectivity index (χ0) is 43.2. The molecule has 0 saturated carbocycles. The first kappa shape index (κ1) is 39.6. The summed E-state index contributed by atoms with van der Waals surface area (Å²) in [7, 11) is 0. The fourth-order valence-electron chi connectivity index (χ4n) is 9.01. The average Bonchev–Trinajstić information content (AvgIpc) is 3.85. The molecule has 0 bridgehead atoms. The van der Waals surface area contributed by atoms with Gasteiger partial charge in [-0.05, 0) is 106 Å². The highest BCUT2D eigenvalue weighted by Gasteiger charge is 2.23. The molecule has 0 saturated heterocycles. The lowest BCUT2D eigenvalue weighted by molar-refractivity contribution is 0.577. The number of hydrogen-bond acceptors (Lipinski definition) is 4. The van der Waals surface area contributed by atoms with Gasteiger partial charge in [-0.3, -0.25) is 0 Å². The number of furan rings is 2. The second kappa shape index (κ2) is 16.4. The summed E-state index contributed by atoms with van der Waals surface area (Å²) in [6.07, 6.45) is 6.00. The molecular formula is C59H50N2O2. The fraction of sp³-hybridized carbons (Fsp3) is 0.119. The zero-order valence-corrected chi connectivity index (χ0v) is 36.4. The molecule has 0 aliphatic carbocycles. The summed E-state index contributed by atoms with van der Waals surface area (Å²) in [6.45, 7) is 14.8. The minimum atomic E-state index is 0.451. The molecule has 308 valence electrons. The van der Waals surface area contributed by atoms with Crippen molar-refractivity contribution in [3.63, 3.8) is 0 Å². The maximum absolute atomic E-state index is 6.64. The standard InChI is InChI=1S/C46H38N2O.C13H12O/c1-28(2)30-12-20-34(21-13-30)47-40-26-18-32-17-25-39-41(27-19-33-16-24-38(40)44(32)45(33)39)48(35-22-14-31(15-23-35)29(3)4)42-10-7-9-37-36-8-5-6-11-43(36)49-46(37)42;1-3-4-7-11-10(2)14-13-9-6-5-8-12(11)13/h5-29,47H,1-4H3;3-9H,2H2,1H3/b;4-3-,11-7+. The molecule has 11 rings (SSSR count). The molecule has 11 aromatic rings. The maximum Gasteiger partial charge on any atom is 0.159 e. The third-order valence-electron chi connectivity index (χ3n) is 12.3. The van der Waals surface area contributed by atoms with E-state index in [4.69, 9.17) is 8.83 Å². The number of allylic oxidation sites excluding steroid dienone is 2. The van der Waals surface area contributed by atoms with Gasteiger partial charge in [0.2, 0.25) is 0 Å². The SMILES string of the molecule is C=c1oc2ccccc2/c1=C/C=C\C.CC(C)c1ccc(Nc2ccc3ccc4c(N(c5ccc(C(C)C)cc5)c5cccc6c5oc5ccccc56)ccc5ccc2c3c54)cc1. The lowest BCUT2D eigenvalue weighted by atomic mass is 9.92. The van der Waals surface area contributed by atoms with E-state index in [9.17, 15) is 0 Å². The van der Waals surface area contributed by atoms with Crippen LogP contribution in [0.3, 0.4) is 0 Å². The van der Waals surface area contributed by atoms with Gasteiger partial charge in [-0.25, -0.2) is 0 Å². The number of anilines is 5. The average molecular weight is 819 g/mol. The molecule has 0 aliphatic heterocycles. The molecule has 9 aromatic carbocycles. The van der Waals surface area contributed by atoms with E-state index in [2.05, 4.69) is 178 Å². The largest absolute Gasteiger partial charge is 0.457 e. The van der Waals surface area contributed by atoms with E-state index in [0.717, 1.165) is 72.0 Å². The van der Waals surface area contributed by atoms with Gasteiger partial charge in [0.05, 0.1) is 11.4 Å². The van der Waals surface area contributed by atoms with Crippen LogP contribution in [0.5, 0.6) is 0 Å². The van der Waals surface area contributed by atoms with E-state index in [0.29, 0.717) is 11.8 Å². The molecule has 1 N–H and O–H groups in total. The van der Waals surface area contributed by atoms with Gasteiger partial charge in [0, 0.05) is 49.2 Å². The Morgan fingerprint density at radius 3 is 1.81 bits per heavy atom. The number of rotatable bonds is 8. The Bertz CT molecular complexity index is 3570. The summed E-state index contributed by atoms with van der Waals surface area (Å²) < 4.78 is 12.2. The molecule has 4 nitrogen and oxygen atoms in total. The molecule has 0 atom stereocenters. The second-order valence-electron chi connectivity index (χ2n) is 17.0. The molecule has 0 radical (unpaired) electrons. The van der Waals surface area contributed by atoms with Crippen LogP contribution in [0.1, 0.15) is 57.6 Å². The molecule has 0 amide bonds. The van der Waals surface area contributed by atoms with Gasteiger partial charge < -0.3 is 19.1 Å². The van der Waals surface area contributed by atoms with Crippen molar-refractivity contribution in [1.82, 2.24) is 0 Å². The molecule has 0 aliphatic rings. The normalized spacial score (nSPS) is 12.3. The first-order valence-electron chi connectivity index (χ1n) is 21.9. The van der Waals surface area contributed by atoms with Crippen molar-refractivity contribution in [3.8, 4) is 0 Å². The lowest BCUT2D eigenvalue weighted by Gasteiger charge is -2.28. The van der Waals surface area contributed by atoms with E-state index in [1.807, 2.05) is 55.5 Å². The number of nitrogens with one attached hydrogen (secondary N) is 1. The molecule has 2 heterocycles. The minimum Gasteiger partial charge on any atom is -0.457 e. The molecule has 0 fully saturated rings. The summed E-state index contributed by atoms with van der Waals surface area (Å²) in [5.41, 5.74) is 11.5. The van der Waals surface area contributed by atoms with Crippen LogP contribution in [-0.2, 0) is 0 Å². The van der Waals surface area contributed by atoms with Crippen LogP contribution in [0.4, 0.5) is 28.4 Å². The van der Waals surface area contributed by atoms with Crippen molar-refractivity contribution in [3.05, 3.63) is 198 Å². The maximum atomic E-state index is 6.64. The Morgan fingerprint density at radius 2 is 1.11 bits per heavy atom. The van der Waals surface area contributed by atoms with Crippen LogP contribution in [-0.4, -0.2) is 0 Å². The van der Waals surface area contributed by atoms with Gasteiger partial charge in [0.15, 0.2) is 5.58 Å². The van der Waals surface area contributed by atoms with Crippen LogP contribution in [0.15, 0.2) is 185 Å². The van der Waals surface area contributed by atoms with Gasteiger partial charge in [0.1, 0.15) is 16.6 Å². The third-order valence-corrected chi connectivity index (χ3v) is 12.3. The summed E-state index contributed by atoms with van der Waals surface area (Å²) in [5.74, 6) is 0.955. The van der Waals surface area contributed by atoms with Crippen molar-refractivity contribution < 1.29 is 8.83 Å². The van der Waals surface area contributed by atoms with Crippen molar-refractivity contribution in [2.24, 2.45) is 0 Å². The van der Waals surface area contributed by atoms with E-state index in [-0.39, 0.29) is 0 Å². The molecule has 2 aromatic heterocycles. The second-order valence-corrected chi connectivity index (χ2v) is 17.0. The predicted octanol–water partition coefficient (Wildman–Crippen LogP) is 16.1. The fourth-order valence-corrected chi connectivity index (χ4v) is 9.01. The smallest absolute Gasteiger partial charge is 0.159 e. The Kier molecular flexibility index (Phi) is 10.3. The predicted molar refractivity (Wildman–Crippen MR) is 270 cm³/mol. The Hall–Kier alpha value is -7.56. The van der Waals surface area contributed by atoms with Gasteiger partial charge >= 0.3 is 0 Å². The monoisotopic (exact) mass is 818 g/mol. The summed E-state index contributed by atoms with van der Waals surface area (Å²) in [4.78, 5) is 2.39. The van der Waals surface area contributed by atoms with Gasteiger partial charge in [-0.1, -0.05) is 162 Å². The van der Waals surface area contributed by atoms with E-state index in [1.54, 1.807) is 0 Å². The van der Waals surface area contributed by atoms with E-state index < -0.39 is 0 Å². The van der Waals surface area contributed by atoms with Gasteiger partial charge in [-0.15, -0.1) is 0 Å². The molecule has 4 heteroatoms. The number of para-hydroxylation sites is 3. The Balaban J connectivity index is 0.000000287. The highest BCUT2D eigenvalue weighted by atomic mass is 16.3. The van der Waals surface area contributed by atoms with Crippen molar-refractivity contribution in [2.75, 3.05) is 10.2 Å². The first-order valence-corrected chi connectivity index (χ1v) is 21.9. The van der Waals surface area contributed by atoms with E-state index >= 15 is 0 Å². The Morgan fingerprint density at radius 1 is 0.524 bits per heavy atom. The molecule has 0 unspecified atom stereocenters. The van der Waals surface area contributed by atoms with Crippen LogP contribution in [0, 0.1) is 0 Å². The number of benzene rings is 9. The van der Waals surface area contributed by atoms with Crippen LogP contribution < -0.4 is 20.9 Å². The quantitative estimate of drug-likeness (QED) is 0.155. The highest BCUT2D eigenvalue weighted by Crippen LogP contribution is 2.47. The molecule has 63 heavy (non-hydrogen) atoms. The summed E-state index contributed by atoms with van der Waals surface area (Å²) >= 11 is 0. The third kappa shape index (κ3) is 7.18. The van der Waals surface area contributed by atoms with Gasteiger partial charge in [-0.2, -0.15) is 0 Å². The molecular weight excluding hydrogens is 769 g/mol. The van der Waals surface area contributed by atoms with Crippen molar-refractivity contribution in [2.45, 2.75) is 46.5 Å². The zero-order valence-electron chi connectivity index (χ0n) is 36.4. The number of hydrogen-bond donors (Lipinski definition) is 1. The van der Waals surface area contributed by atoms with Crippen LogP contribution >= 0.6 is 0 Å². The number of fused-ring (bicyclic) bond motifs is 4. The Labute approximate surface area is 368 Å². The highest BCUT2D eigenvalue weighted by molar-refractivity contribution is 6.28.